The summed E-state index contributed by atoms with van der Waals surface area (Å²) in [7, 11) is 0. The van der Waals surface area contributed by atoms with Gasteiger partial charge in [0.25, 0.3) is 0 Å². The Bertz CT molecular complexity index is 663. The SMILES string of the molecule is CCCCCC(=Nc1ccccc1)C(CCCC)=Nc1ccccc1.[Pd]. The van der Waals surface area contributed by atoms with E-state index in [1.165, 1.54) is 25.7 Å². The summed E-state index contributed by atoms with van der Waals surface area (Å²) in [5, 5.41) is 0. The second-order valence-corrected chi connectivity index (χ2v) is 6.35. The third kappa shape index (κ3) is 8.21. The van der Waals surface area contributed by atoms with Gasteiger partial charge in [-0.1, -0.05) is 69.5 Å². The van der Waals surface area contributed by atoms with Crippen LogP contribution in [0.2, 0.25) is 0 Å². The monoisotopic (exact) mass is 440 g/mol. The van der Waals surface area contributed by atoms with E-state index < -0.39 is 0 Å². The van der Waals surface area contributed by atoms with E-state index in [0.29, 0.717) is 0 Å². The van der Waals surface area contributed by atoms with E-state index in [-0.39, 0.29) is 20.4 Å². The van der Waals surface area contributed by atoms with Crippen molar-refractivity contribution in [3.8, 4) is 0 Å². The first-order valence-corrected chi connectivity index (χ1v) is 9.59. The van der Waals surface area contributed by atoms with Gasteiger partial charge in [-0.3, -0.25) is 9.98 Å². The average Bonchev–Trinajstić information content (AvgIpc) is 2.66. The second kappa shape index (κ2) is 13.6. The molecule has 0 N–H and O–H groups in total. The summed E-state index contributed by atoms with van der Waals surface area (Å²) < 4.78 is 0. The molecule has 0 saturated carbocycles. The summed E-state index contributed by atoms with van der Waals surface area (Å²) in [4.78, 5) is 9.92. The maximum atomic E-state index is 4.97. The molecule has 0 aliphatic heterocycles. The molecular formula is C23H30N2Pd. The van der Waals surface area contributed by atoms with Gasteiger partial charge in [-0.05, 0) is 49.9 Å². The quantitative estimate of drug-likeness (QED) is 0.210. The predicted molar refractivity (Wildman–Crippen MR) is 111 cm³/mol. The van der Waals surface area contributed by atoms with Crippen LogP contribution in [0.1, 0.15) is 58.8 Å². The molecule has 0 aromatic heterocycles. The van der Waals surface area contributed by atoms with Crippen LogP contribution in [-0.4, -0.2) is 11.4 Å². The number of aliphatic imine (C=N–C) groups is 2. The minimum atomic E-state index is 0. The van der Waals surface area contributed by atoms with Gasteiger partial charge in [-0.15, -0.1) is 0 Å². The number of para-hydroxylation sites is 2. The minimum Gasteiger partial charge on any atom is -0.252 e. The molecule has 0 amide bonds. The van der Waals surface area contributed by atoms with Gasteiger partial charge in [-0.2, -0.15) is 0 Å². The summed E-state index contributed by atoms with van der Waals surface area (Å²) in [6, 6.07) is 20.5. The fourth-order valence-electron chi connectivity index (χ4n) is 2.73. The zero-order chi connectivity index (χ0) is 17.7. The van der Waals surface area contributed by atoms with Gasteiger partial charge in [0.1, 0.15) is 0 Å². The summed E-state index contributed by atoms with van der Waals surface area (Å²) in [5.41, 5.74) is 4.33. The number of rotatable bonds is 10. The van der Waals surface area contributed by atoms with Crippen molar-refractivity contribution in [3.63, 3.8) is 0 Å². The van der Waals surface area contributed by atoms with E-state index in [9.17, 15) is 0 Å². The van der Waals surface area contributed by atoms with Crippen molar-refractivity contribution in [2.45, 2.75) is 58.8 Å². The van der Waals surface area contributed by atoms with Crippen molar-refractivity contribution in [3.05, 3.63) is 60.7 Å². The first-order chi connectivity index (χ1) is 12.3. The zero-order valence-corrected chi connectivity index (χ0v) is 17.5. The number of nitrogens with zero attached hydrogens (tertiary/aromatic N) is 2. The molecule has 142 valence electrons. The van der Waals surface area contributed by atoms with Crippen LogP contribution in [0.4, 0.5) is 11.4 Å². The predicted octanol–water partition coefficient (Wildman–Crippen LogP) is 7.30. The summed E-state index contributed by atoms with van der Waals surface area (Å²) in [5.74, 6) is 0. The van der Waals surface area contributed by atoms with Crippen LogP contribution >= 0.6 is 0 Å². The largest absolute Gasteiger partial charge is 0.252 e. The number of benzene rings is 2. The average molecular weight is 441 g/mol. The molecule has 0 unspecified atom stereocenters. The van der Waals surface area contributed by atoms with Crippen molar-refractivity contribution in [2.75, 3.05) is 0 Å². The van der Waals surface area contributed by atoms with Crippen LogP contribution < -0.4 is 0 Å². The van der Waals surface area contributed by atoms with E-state index in [1.807, 2.05) is 36.4 Å². The Kier molecular flexibility index (Phi) is 11.8. The van der Waals surface area contributed by atoms with Crippen LogP contribution in [0.15, 0.2) is 70.6 Å². The smallest absolute Gasteiger partial charge is 0.0633 e. The first-order valence-electron chi connectivity index (χ1n) is 9.59. The summed E-state index contributed by atoms with van der Waals surface area (Å²) in [6.45, 7) is 4.47. The van der Waals surface area contributed by atoms with Crippen molar-refractivity contribution < 1.29 is 20.4 Å². The van der Waals surface area contributed by atoms with E-state index in [0.717, 1.165) is 42.1 Å². The number of unbranched alkanes of at least 4 members (excludes halogenated alkanes) is 3. The number of hydrogen-bond acceptors (Lipinski definition) is 2. The van der Waals surface area contributed by atoms with Gasteiger partial charge in [0.2, 0.25) is 0 Å². The first kappa shape index (κ1) is 22.5. The van der Waals surface area contributed by atoms with Gasteiger partial charge >= 0.3 is 0 Å². The second-order valence-electron chi connectivity index (χ2n) is 6.35. The minimum absolute atomic E-state index is 0. The van der Waals surface area contributed by atoms with Gasteiger partial charge in [0.15, 0.2) is 0 Å². The fourth-order valence-corrected chi connectivity index (χ4v) is 2.73. The van der Waals surface area contributed by atoms with Crippen LogP contribution in [0.25, 0.3) is 0 Å². The molecule has 0 spiro atoms. The van der Waals surface area contributed by atoms with Gasteiger partial charge < -0.3 is 0 Å². The molecule has 0 radical (unpaired) electrons. The van der Waals surface area contributed by atoms with Crippen LogP contribution in [0, 0.1) is 0 Å². The Hall–Kier alpha value is -1.56. The molecular weight excluding hydrogens is 411 g/mol. The summed E-state index contributed by atoms with van der Waals surface area (Å²) in [6.07, 6.45) is 7.93. The van der Waals surface area contributed by atoms with Crippen molar-refractivity contribution >= 4 is 22.8 Å². The topological polar surface area (TPSA) is 24.7 Å². The molecule has 2 rings (SSSR count). The van der Waals surface area contributed by atoms with E-state index >= 15 is 0 Å². The molecule has 0 bridgehead atoms. The molecule has 2 nitrogen and oxygen atoms in total. The Morgan fingerprint density at radius 3 is 1.46 bits per heavy atom. The van der Waals surface area contributed by atoms with Crippen LogP contribution in [0.5, 0.6) is 0 Å². The van der Waals surface area contributed by atoms with Crippen LogP contribution in [0.3, 0.4) is 0 Å². The molecule has 2 aromatic rings. The Balaban J connectivity index is 0.00000338. The van der Waals surface area contributed by atoms with Gasteiger partial charge in [-0.25, -0.2) is 0 Å². The molecule has 3 heteroatoms. The van der Waals surface area contributed by atoms with Crippen molar-refractivity contribution in [1.29, 1.82) is 0 Å². The van der Waals surface area contributed by atoms with Crippen molar-refractivity contribution in [1.82, 2.24) is 0 Å². The molecule has 0 aliphatic rings. The Labute approximate surface area is 172 Å². The molecule has 0 saturated heterocycles. The third-order valence-electron chi connectivity index (χ3n) is 4.16. The van der Waals surface area contributed by atoms with Gasteiger partial charge in [0, 0.05) is 20.4 Å². The molecule has 0 fully saturated rings. The van der Waals surface area contributed by atoms with Crippen LogP contribution in [-0.2, 0) is 20.4 Å². The number of hydrogen-bond donors (Lipinski definition) is 0. The van der Waals surface area contributed by atoms with E-state index in [2.05, 4.69) is 38.1 Å². The van der Waals surface area contributed by atoms with E-state index in [4.69, 9.17) is 9.98 Å². The van der Waals surface area contributed by atoms with E-state index in [1.54, 1.807) is 0 Å². The molecule has 0 aliphatic carbocycles. The standard InChI is InChI=1S/C23H30N2.Pd/c1-3-5-9-19-23(25-21-16-12-8-13-17-21)22(18-6-4-2)24-20-14-10-7-11-15-20;/h7-8,10-17H,3-6,9,18-19H2,1-2H3;. The Morgan fingerprint density at radius 2 is 1.04 bits per heavy atom. The maximum absolute atomic E-state index is 4.97. The van der Waals surface area contributed by atoms with Gasteiger partial charge in [0.05, 0.1) is 22.8 Å². The molecule has 0 heterocycles. The summed E-state index contributed by atoms with van der Waals surface area (Å²) >= 11 is 0. The third-order valence-corrected chi connectivity index (χ3v) is 4.16. The zero-order valence-electron chi connectivity index (χ0n) is 15.9. The Morgan fingerprint density at radius 1 is 0.615 bits per heavy atom. The molecule has 0 atom stereocenters. The van der Waals surface area contributed by atoms with Crippen molar-refractivity contribution in [2.24, 2.45) is 9.98 Å². The fraction of sp³-hybridized carbons (Fsp3) is 0.391. The molecule has 2 aromatic carbocycles. The normalized spacial score (nSPS) is 11.9. The molecule has 26 heavy (non-hydrogen) atoms. The maximum Gasteiger partial charge on any atom is 0.0633 e.